The SMILES string of the molecule is CCOC(=O)c1cnn([C@@H]2CCCN(c3ccc(C#N)nc3)C2)c1. The van der Waals surface area contributed by atoms with Crippen LogP contribution in [-0.2, 0) is 4.74 Å². The van der Waals surface area contributed by atoms with Crippen LogP contribution in [0.5, 0.6) is 0 Å². The number of aromatic nitrogens is 3. The smallest absolute Gasteiger partial charge is 0.341 e. The van der Waals surface area contributed by atoms with Gasteiger partial charge in [-0.25, -0.2) is 9.78 Å². The highest BCUT2D eigenvalue weighted by molar-refractivity contribution is 5.88. The zero-order valence-corrected chi connectivity index (χ0v) is 13.6. The van der Waals surface area contributed by atoms with Crippen molar-refractivity contribution < 1.29 is 9.53 Å². The van der Waals surface area contributed by atoms with E-state index in [2.05, 4.69) is 15.0 Å². The number of rotatable bonds is 4. The highest BCUT2D eigenvalue weighted by Crippen LogP contribution is 2.25. The van der Waals surface area contributed by atoms with Crippen LogP contribution in [-0.4, -0.2) is 40.4 Å². The second kappa shape index (κ2) is 7.13. The van der Waals surface area contributed by atoms with Crippen molar-refractivity contribution in [3.05, 3.63) is 42.0 Å². The Balaban J connectivity index is 1.71. The first-order chi connectivity index (χ1) is 11.7. The molecule has 0 spiro atoms. The molecule has 3 rings (SSSR count). The molecule has 0 radical (unpaired) electrons. The minimum atomic E-state index is -0.340. The second-order valence-electron chi connectivity index (χ2n) is 5.69. The van der Waals surface area contributed by atoms with Crippen molar-refractivity contribution in [1.82, 2.24) is 14.8 Å². The lowest BCUT2D eigenvalue weighted by molar-refractivity contribution is 0.0526. The van der Waals surface area contributed by atoms with Gasteiger partial charge in [0, 0.05) is 19.3 Å². The summed E-state index contributed by atoms with van der Waals surface area (Å²) in [7, 11) is 0. The molecule has 7 heteroatoms. The Morgan fingerprint density at radius 2 is 2.33 bits per heavy atom. The summed E-state index contributed by atoms with van der Waals surface area (Å²) in [5, 5.41) is 13.2. The van der Waals surface area contributed by atoms with Crippen LogP contribution in [0.3, 0.4) is 0 Å². The quantitative estimate of drug-likeness (QED) is 0.801. The van der Waals surface area contributed by atoms with E-state index in [4.69, 9.17) is 10.00 Å². The third kappa shape index (κ3) is 3.38. The maximum absolute atomic E-state index is 11.8. The van der Waals surface area contributed by atoms with Crippen molar-refractivity contribution in [3.8, 4) is 6.07 Å². The Bertz CT molecular complexity index is 747. The Labute approximate surface area is 140 Å². The average Bonchev–Trinajstić information content (AvgIpc) is 3.12. The average molecular weight is 325 g/mol. The number of esters is 1. The first kappa shape index (κ1) is 16.0. The number of pyridine rings is 1. The fourth-order valence-corrected chi connectivity index (χ4v) is 2.90. The van der Waals surface area contributed by atoms with Crippen LogP contribution in [0.2, 0.25) is 0 Å². The van der Waals surface area contributed by atoms with Gasteiger partial charge in [-0.1, -0.05) is 0 Å². The van der Waals surface area contributed by atoms with E-state index < -0.39 is 0 Å². The summed E-state index contributed by atoms with van der Waals surface area (Å²) in [6.45, 7) is 3.87. The molecule has 1 saturated heterocycles. The van der Waals surface area contributed by atoms with E-state index in [0.29, 0.717) is 17.9 Å². The zero-order chi connectivity index (χ0) is 16.9. The minimum Gasteiger partial charge on any atom is -0.462 e. The van der Waals surface area contributed by atoms with Crippen molar-refractivity contribution in [3.63, 3.8) is 0 Å². The number of carbonyl (C=O) groups is 1. The number of ether oxygens (including phenoxy) is 1. The van der Waals surface area contributed by atoms with E-state index in [-0.39, 0.29) is 12.0 Å². The lowest BCUT2D eigenvalue weighted by Gasteiger charge is -2.34. The van der Waals surface area contributed by atoms with Crippen LogP contribution < -0.4 is 4.90 Å². The Morgan fingerprint density at radius 3 is 3.04 bits per heavy atom. The topological polar surface area (TPSA) is 84.0 Å². The molecule has 0 aliphatic carbocycles. The lowest BCUT2D eigenvalue weighted by Crippen LogP contribution is -2.36. The van der Waals surface area contributed by atoms with Crippen molar-refractivity contribution in [2.45, 2.75) is 25.8 Å². The monoisotopic (exact) mass is 325 g/mol. The van der Waals surface area contributed by atoms with E-state index in [1.165, 1.54) is 0 Å². The Hall–Kier alpha value is -2.88. The molecular formula is C17H19N5O2. The molecule has 0 saturated carbocycles. The largest absolute Gasteiger partial charge is 0.462 e. The third-order valence-electron chi connectivity index (χ3n) is 4.11. The maximum Gasteiger partial charge on any atom is 0.341 e. The molecule has 0 unspecified atom stereocenters. The second-order valence-corrected chi connectivity index (χ2v) is 5.69. The van der Waals surface area contributed by atoms with Crippen molar-refractivity contribution in [1.29, 1.82) is 5.26 Å². The maximum atomic E-state index is 11.8. The van der Waals surface area contributed by atoms with E-state index in [1.807, 2.05) is 16.8 Å². The van der Waals surface area contributed by atoms with Crippen molar-refractivity contribution in [2.24, 2.45) is 0 Å². The molecule has 7 nitrogen and oxygen atoms in total. The lowest BCUT2D eigenvalue weighted by atomic mass is 10.1. The highest BCUT2D eigenvalue weighted by atomic mass is 16.5. The summed E-state index contributed by atoms with van der Waals surface area (Å²) in [5.74, 6) is -0.340. The van der Waals surface area contributed by atoms with Crippen LogP contribution in [0, 0.1) is 11.3 Å². The predicted molar refractivity (Wildman–Crippen MR) is 87.6 cm³/mol. The van der Waals surface area contributed by atoms with Crippen LogP contribution in [0.1, 0.15) is 41.9 Å². The Kier molecular flexibility index (Phi) is 4.75. The number of hydrogen-bond acceptors (Lipinski definition) is 6. The number of piperidine rings is 1. The van der Waals surface area contributed by atoms with Gasteiger partial charge in [0.25, 0.3) is 0 Å². The number of nitriles is 1. The first-order valence-corrected chi connectivity index (χ1v) is 8.03. The summed E-state index contributed by atoms with van der Waals surface area (Å²) >= 11 is 0. The van der Waals surface area contributed by atoms with Gasteiger partial charge in [0.1, 0.15) is 11.8 Å². The summed E-state index contributed by atoms with van der Waals surface area (Å²) in [6, 6.07) is 5.87. The summed E-state index contributed by atoms with van der Waals surface area (Å²) in [4.78, 5) is 18.1. The van der Waals surface area contributed by atoms with E-state index in [9.17, 15) is 4.79 Å². The molecule has 1 fully saturated rings. The van der Waals surface area contributed by atoms with Gasteiger partial charge in [-0.05, 0) is 31.9 Å². The standard InChI is InChI=1S/C17H19N5O2/c1-2-24-17(23)13-9-20-22(11-13)16-4-3-7-21(12-16)15-6-5-14(8-18)19-10-15/h5-6,9-11,16H,2-4,7,12H2,1H3/t16-/m1/s1. The van der Waals surface area contributed by atoms with Crippen LogP contribution >= 0.6 is 0 Å². The molecular weight excluding hydrogens is 306 g/mol. The van der Waals surface area contributed by atoms with Gasteiger partial charge in [0.15, 0.2) is 0 Å². The Morgan fingerprint density at radius 1 is 1.46 bits per heavy atom. The molecule has 0 bridgehead atoms. The highest BCUT2D eigenvalue weighted by Gasteiger charge is 2.23. The van der Waals surface area contributed by atoms with Crippen LogP contribution in [0.25, 0.3) is 0 Å². The summed E-state index contributed by atoms with van der Waals surface area (Å²) < 4.78 is 6.85. The fraction of sp³-hybridized carbons (Fsp3) is 0.412. The number of carbonyl (C=O) groups excluding carboxylic acids is 1. The minimum absolute atomic E-state index is 0.192. The molecule has 0 aromatic carbocycles. The van der Waals surface area contributed by atoms with E-state index >= 15 is 0 Å². The first-order valence-electron chi connectivity index (χ1n) is 8.03. The fourth-order valence-electron chi connectivity index (χ4n) is 2.90. The van der Waals surface area contributed by atoms with Gasteiger partial charge in [0.2, 0.25) is 0 Å². The number of nitrogens with zero attached hydrogens (tertiary/aromatic N) is 5. The molecule has 0 N–H and O–H groups in total. The van der Waals surface area contributed by atoms with Gasteiger partial charge in [-0.15, -0.1) is 0 Å². The summed E-state index contributed by atoms with van der Waals surface area (Å²) in [6.07, 6.45) is 7.07. The van der Waals surface area contributed by atoms with Gasteiger partial charge in [0.05, 0.1) is 36.3 Å². The molecule has 3 heterocycles. The van der Waals surface area contributed by atoms with E-state index in [0.717, 1.165) is 31.6 Å². The van der Waals surface area contributed by atoms with Crippen LogP contribution in [0.4, 0.5) is 5.69 Å². The van der Waals surface area contributed by atoms with E-state index in [1.54, 1.807) is 31.6 Å². The molecule has 1 atom stereocenters. The molecule has 1 aliphatic rings. The number of hydrogen-bond donors (Lipinski definition) is 0. The van der Waals surface area contributed by atoms with Crippen molar-refractivity contribution in [2.75, 3.05) is 24.6 Å². The normalized spacial score (nSPS) is 17.3. The molecule has 1 aliphatic heterocycles. The zero-order valence-electron chi connectivity index (χ0n) is 13.6. The molecule has 24 heavy (non-hydrogen) atoms. The van der Waals surface area contributed by atoms with Gasteiger partial charge < -0.3 is 9.64 Å². The van der Waals surface area contributed by atoms with Gasteiger partial charge in [-0.3, -0.25) is 4.68 Å². The van der Waals surface area contributed by atoms with Crippen molar-refractivity contribution >= 4 is 11.7 Å². The molecule has 2 aromatic heterocycles. The third-order valence-corrected chi connectivity index (χ3v) is 4.11. The number of anilines is 1. The van der Waals surface area contributed by atoms with Crippen LogP contribution in [0.15, 0.2) is 30.7 Å². The molecule has 0 amide bonds. The predicted octanol–water partition coefficient (Wildman–Crippen LogP) is 2.17. The van der Waals surface area contributed by atoms with Gasteiger partial charge in [-0.2, -0.15) is 10.4 Å². The summed E-state index contributed by atoms with van der Waals surface area (Å²) in [5.41, 5.74) is 1.89. The molecule has 2 aromatic rings. The molecule has 124 valence electrons. The van der Waals surface area contributed by atoms with Gasteiger partial charge >= 0.3 is 5.97 Å².